The Labute approximate surface area is 189 Å². The quantitative estimate of drug-likeness (QED) is 0.309. The van der Waals surface area contributed by atoms with Crippen molar-refractivity contribution in [3.63, 3.8) is 0 Å². The maximum absolute atomic E-state index is 12.7. The van der Waals surface area contributed by atoms with Crippen LogP contribution < -0.4 is 0 Å². The average Bonchev–Trinajstić information content (AvgIpc) is 2.83. The van der Waals surface area contributed by atoms with Crippen LogP contribution in [0, 0.1) is 18.3 Å². The fourth-order valence-electron chi connectivity index (χ4n) is 3.68. The third-order valence-corrected chi connectivity index (χ3v) is 5.51. The van der Waals surface area contributed by atoms with Gasteiger partial charge < -0.3 is 0 Å². The molecule has 0 aliphatic carbocycles. The molecule has 0 heterocycles. The predicted octanol–water partition coefficient (Wildman–Crippen LogP) is 7.45. The zero-order valence-corrected chi connectivity index (χ0v) is 17.6. The molecule has 0 aliphatic rings. The number of halogens is 3. The number of alkyl halides is 3. The lowest BCUT2D eigenvalue weighted by molar-refractivity contribution is -0.137. The molecular weight excluding hydrogens is 423 g/mol. The van der Waals surface area contributed by atoms with E-state index in [1.54, 1.807) is 24.3 Å². The van der Waals surface area contributed by atoms with E-state index < -0.39 is 11.7 Å². The van der Waals surface area contributed by atoms with Gasteiger partial charge in [-0.05, 0) is 59.0 Å². The SMILES string of the molecule is Cc1cc(-c2ccc(C(=O)c3ccc(C(F)(F)F)cc3)cc2)ccc1-c1ccc(C#N)cc1. The van der Waals surface area contributed by atoms with Crippen molar-refractivity contribution in [1.29, 1.82) is 5.26 Å². The van der Waals surface area contributed by atoms with Gasteiger partial charge in [-0.3, -0.25) is 4.79 Å². The number of aryl methyl sites for hydroxylation is 1. The number of benzene rings is 4. The molecule has 0 atom stereocenters. The van der Waals surface area contributed by atoms with Crippen LogP contribution in [0.25, 0.3) is 22.3 Å². The van der Waals surface area contributed by atoms with Gasteiger partial charge in [-0.1, -0.05) is 66.7 Å². The zero-order chi connectivity index (χ0) is 23.6. The second-order valence-corrected chi connectivity index (χ2v) is 7.70. The third-order valence-electron chi connectivity index (χ3n) is 5.51. The topological polar surface area (TPSA) is 40.9 Å². The Morgan fingerprint density at radius 1 is 0.727 bits per heavy atom. The largest absolute Gasteiger partial charge is 0.416 e. The summed E-state index contributed by atoms with van der Waals surface area (Å²) in [7, 11) is 0. The molecule has 0 fully saturated rings. The highest BCUT2D eigenvalue weighted by molar-refractivity contribution is 6.09. The molecule has 0 bridgehead atoms. The molecule has 0 aliphatic heterocycles. The number of nitrogens with zero attached hydrogens (tertiary/aromatic N) is 1. The number of carbonyl (C=O) groups excluding carboxylic acids is 1. The van der Waals surface area contributed by atoms with Crippen LogP contribution >= 0.6 is 0 Å². The summed E-state index contributed by atoms with van der Waals surface area (Å²) >= 11 is 0. The second kappa shape index (κ2) is 8.76. The van der Waals surface area contributed by atoms with Gasteiger partial charge in [0.25, 0.3) is 0 Å². The normalized spacial score (nSPS) is 11.1. The minimum absolute atomic E-state index is 0.207. The minimum Gasteiger partial charge on any atom is -0.289 e. The Balaban J connectivity index is 1.55. The maximum atomic E-state index is 12.7. The van der Waals surface area contributed by atoms with Gasteiger partial charge in [-0.15, -0.1) is 0 Å². The van der Waals surface area contributed by atoms with Gasteiger partial charge in [0.05, 0.1) is 17.2 Å². The van der Waals surface area contributed by atoms with E-state index in [1.807, 2.05) is 43.3 Å². The van der Waals surface area contributed by atoms with Crippen LogP contribution in [-0.4, -0.2) is 5.78 Å². The standard InChI is InChI=1S/C28H18F3NO/c1-18-16-24(12-15-26(18)21-4-2-19(17-32)3-5-21)20-6-8-22(9-7-20)27(33)23-10-13-25(14-11-23)28(29,30)31/h2-16H,1H3. The lowest BCUT2D eigenvalue weighted by Gasteiger charge is -2.10. The maximum Gasteiger partial charge on any atom is 0.416 e. The van der Waals surface area contributed by atoms with E-state index in [1.165, 1.54) is 12.1 Å². The summed E-state index contributed by atoms with van der Waals surface area (Å²) < 4.78 is 38.2. The Hall–Kier alpha value is -4.17. The van der Waals surface area contributed by atoms with Crippen molar-refractivity contribution in [1.82, 2.24) is 0 Å². The van der Waals surface area contributed by atoms with E-state index in [9.17, 15) is 18.0 Å². The third kappa shape index (κ3) is 4.70. The number of hydrogen-bond donors (Lipinski definition) is 0. The molecule has 0 amide bonds. The van der Waals surface area contributed by atoms with E-state index in [2.05, 4.69) is 12.1 Å². The van der Waals surface area contributed by atoms with Crippen LogP contribution in [0.3, 0.4) is 0 Å². The van der Waals surface area contributed by atoms with Gasteiger partial charge in [-0.2, -0.15) is 18.4 Å². The predicted molar refractivity (Wildman–Crippen MR) is 122 cm³/mol. The molecule has 0 radical (unpaired) electrons. The molecule has 4 rings (SSSR count). The summed E-state index contributed by atoms with van der Waals surface area (Å²) in [5, 5.41) is 8.96. The first kappa shape index (κ1) is 22.0. The fraction of sp³-hybridized carbons (Fsp3) is 0.0714. The molecule has 2 nitrogen and oxygen atoms in total. The van der Waals surface area contributed by atoms with Gasteiger partial charge >= 0.3 is 6.18 Å². The first-order chi connectivity index (χ1) is 15.8. The van der Waals surface area contributed by atoms with Crippen molar-refractivity contribution in [2.45, 2.75) is 13.1 Å². The smallest absolute Gasteiger partial charge is 0.289 e. The lowest BCUT2D eigenvalue weighted by Crippen LogP contribution is -2.06. The van der Waals surface area contributed by atoms with Gasteiger partial charge in [0.2, 0.25) is 0 Å². The molecular formula is C28H18F3NO. The molecule has 0 unspecified atom stereocenters. The molecule has 0 saturated heterocycles. The summed E-state index contributed by atoms with van der Waals surface area (Å²) in [4.78, 5) is 12.7. The van der Waals surface area contributed by atoms with Crippen molar-refractivity contribution in [2.75, 3.05) is 0 Å². The number of carbonyl (C=O) groups is 1. The monoisotopic (exact) mass is 441 g/mol. The summed E-state index contributed by atoms with van der Waals surface area (Å²) in [5.41, 5.74) is 5.51. The molecule has 5 heteroatoms. The van der Waals surface area contributed by atoms with Gasteiger partial charge in [0, 0.05) is 11.1 Å². The Kier molecular flexibility index (Phi) is 5.85. The summed E-state index contributed by atoms with van der Waals surface area (Å²) in [6, 6.07) is 26.8. The second-order valence-electron chi connectivity index (χ2n) is 7.70. The van der Waals surface area contributed by atoms with Crippen LogP contribution in [-0.2, 0) is 6.18 Å². The van der Waals surface area contributed by atoms with Crippen molar-refractivity contribution in [3.8, 4) is 28.3 Å². The van der Waals surface area contributed by atoms with Crippen molar-refractivity contribution in [3.05, 3.63) is 119 Å². The van der Waals surface area contributed by atoms with E-state index in [-0.39, 0.29) is 11.3 Å². The Bertz CT molecular complexity index is 1350. The number of hydrogen-bond acceptors (Lipinski definition) is 2. The highest BCUT2D eigenvalue weighted by Gasteiger charge is 2.30. The van der Waals surface area contributed by atoms with Crippen LogP contribution in [0.5, 0.6) is 0 Å². The Morgan fingerprint density at radius 2 is 1.24 bits per heavy atom. The number of rotatable bonds is 4. The van der Waals surface area contributed by atoms with Crippen molar-refractivity contribution >= 4 is 5.78 Å². The lowest BCUT2D eigenvalue weighted by atomic mass is 9.94. The van der Waals surface area contributed by atoms with E-state index in [4.69, 9.17) is 5.26 Å². The van der Waals surface area contributed by atoms with E-state index in [0.717, 1.165) is 39.9 Å². The highest BCUT2D eigenvalue weighted by atomic mass is 19.4. The molecule has 0 N–H and O–H groups in total. The van der Waals surface area contributed by atoms with E-state index in [0.29, 0.717) is 11.1 Å². The van der Waals surface area contributed by atoms with Crippen LogP contribution in [0.4, 0.5) is 13.2 Å². The molecule has 33 heavy (non-hydrogen) atoms. The molecule has 0 saturated carbocycles. The molecule has 162 valence electrons. The molecule has 4 aromatic rings. The molecule has 0 spiro atoms. The van der Waals surface area contributed by atoms with Gasteiger partial charge in [0.1, 0.15) is 0 Å². The highest BCUT2D eigenvalue weighted by Crippen LogP contribution is 2.31. The fourth-order valence-corrected chi connectivity index (χ4v) is 3.68. The summed E-state index contributed by atoms with van der Waals surface area (Å²) in [5.74, 6) is -0.331. The number of ketones is 1. The first-order valence-electron chi connectivity index (χ1n) is 10.2. The van der Waals surface area contributed by atoms with Gasteiger partial charge in [0.15, 0.2) is 5.78 Å². The molecule has 4 aromatic carbocycles. The summed E-state index contributed by atoms with van der Waals surface area (Å²) in [6.45, 7) is 2.01. The van der Waals surface area contributed by atoms with Gasteiger partial charge in [-0.25, -0.2) is 0 Å². The average molecular weight is 441 g/mol. The Morgan fingerprint density at radius 3 is 1.76 bits per heavy atom. The van der Waals surface area contributed by atoms with Crippen molar-refractivity contribution in [2.24, 2.45) is 0 Å². The first-order valence-corrected chi connectivity index (χ1v) is 10.2. The van der Waals surface area contributed by atoms with E-state index >= 15 is 0 Å². The number of nitriles is 1. The van der Waals surface area contributed by atoms with Crippen LogP contribution in [0.1, 0.15) is 32.6 Å². The summed E-state index contributed by atoms with van der Waals surface area (Å²) in [6.07, 6.45) is -4.43. The minimum atomic E-state index is -4.43. The zero-order valence-electron chi connectivity index (χ0n) is 17.6. The molecule has 0 aromatic heterocycles. The van der Waals surface area contributed by atoms with Crippen LogP contribution in [0.15, 0.2) is 91.0 Å². The van der Waals surface area contributed by atoms with Crippen LogP contribution in [0.2, 0.25) is 0 Å². The van der Waals surface area contributed by atoms with Crippen molar-refractivity contribution < 1.29 is 18.0 Å².